The predicted molar refractivity (Wildman–Crippen MR) is 77.5 cm³/mol. The van der Waals surface area contributed by atoms with Crippen LogP contribution in [0.15, 0.2) is 28.9 Å². The molecule has 0 aromatic carbocycles. The van der Waals surface area contributed by atoms with E-state index in [-0.39, 0.29) is 0 Å². The van der Waals surface area contributed by atoms with Crippen LogP contribution in [0, 0.1) is 0 Å². The Kier molecular flexibility index (Phi) is 4.79. The van der Waals surface area contributed by atoms with Gasteiger partial charge in [0.15, 0.2) is 5.16 Å². The first-order valence-corrected chi connectivity index (χ1v) is 7.30. The summed E-state index contributed by atoms with van der Waals surface area (Å²) in [7, 11) is 1.99. The number of hydrogen-bond donors (Lipinski definition) is 1. The molecule has 0 unspecified atom stereocenters. The molecule has 5 nitrogen and oxygen atoms in total. The van der Waals surface area contributed by atoms with Gasteiger partial charge in [-0.1, -0.05) is 13.3 Å². The third kappa shape index (κ3) is 3.26. The van der Waals surface area contributed by atoms with Crippen LogP contribution in [0.1, 0.15) is 25.8 Å². The van der Waals surface area contributed by atoms with E-state index in [1.165, 1.54) is 5.56 Å². The molecular weight excluding hydrogens is 258 g/mol. The van der Waals surface area contributed by atoms with E-state index in [0.717, 1.165) is 35.4 Å². The molecule has 0 aliphatic rings. The Balaban J connectivity index is 2.33. The fourth-order valence-electron chi connectivity index (χ4n) is 1.82. The summed E-state index contributed by atoms with van der Waals surface area (Å²) in [5.74, 6) is 0.941. The van der Waals surface area contributed by atoms with E-state index in [4.69, 9.17) is 0 Å². The molecule has 2 rings (SSSR count). The van der Waals surface area contributed by atoms with Gasteiger partial charge in [0, 0.05) is 31.5 Å². The maximum atomic E-state index is 4.41. The van der Waals surface area contributed by atoms with E-state index >= 15 is 0 Å². The molecule has 0 spiro atoms. The minimum absolute atomic E-state index is 0.861. The molecule has 0 amide bonds. The first-order valence-electron chi connectivity index (χ1n) is 6.49. The van der Waals surface area contributed by atoms with Crippen molar-refractivity contribution in [3.63, 3.8) is 0 Å². The number of nitrogens with one attached hydrogen (secondary N) is 1. The second kappa shape index (κ2) is 6.56. The molecule has 0 aliphatic carbocycles. The minimum atomic E-state index is 0.861. The lowest BCUT2D eigenvalue weighted by molar-refractivity contribution is 0.784. The Morgan fingerprint density at radius 3 is 2.74 bits per heavy atom. The topological polar surface area (TPSA) is 55.6 Å². The molecule has 0 saturated heterocycles. The Bertz CT molecular complexity index is 538. The van der Waals surface area contributed by atoms with Crippen molar-refractivity contribution in [1.29, 1.82) is 0 Å². The van der Waals surface area contributed by atoms with E-state index in [0.29, 0.717) is 0 Å². The molecule has 0 saturated carbocycles. The Labute approximate surface area is 117 Å². The zero-order valence-electron chi connectivity index (χ0n) is 11.6. The van der Waals surface area contributed by atoms with Gasteiger partial charge in [0.25, 0.3) is 0 Å². The maximum absolute atomic E-state index is 4.41. The third-order valence-electron chi connectivity index (χ3n) is 2.71. The van der Waals surface area contributed by atoms with Crippen molar-refractivity contribution >= 4 is 17.6 Å². The van der Waals surface area contributed by atoms with E-state index in [1.807, 2.05) is 17.8 Å². The molecular formula is C13H19N5S. The summed E-state index contributed by atoms with van der Waals surface area (Å²) in [5, 5.41) is 5.24. The molecule has 6 heteroatoms. The Morgan fingerprint density at radius 1 is 1.26 bits per heavy atom. The van der Waals surface area contributed by atoms with Crippen LogP contribution in [0.25, 0.3) is 0 Å². The number of anilines is 1. The lowest BCUT2D eigenvalue weighted by atomic mass is 10.2. The van der Waals surface area contributed by atoms with Crippen molar-refractivity contribution < 1.29 is 0 Å². The number of rotatable bonds is 6. The van der Waals surface area contributed by atoms with Gasteiger partial charge >= 0.3 is 0 Å². The lowest BCUT2D eigenvalue weighted by Gasteiger charge is -2.12. The van der Waals surface area contributed by atoms with Crippen molar-refractivity contribution in [2.24, 2.45) is 7.05 Å². The van der Waals surface area contributed by atoms with Crippen molar-refractivity contribution in [1.82, 2.24) is 19.5 Å². The lowest BCUT2D eigenvalue weighted by Crippen LogP contribution is -2.06. The molecule has 0 atom stereocenters. The van der Waals surface area contributed by atoms with Crippen LogP contribution in [0.4, 0.5) is 5.82 Å². The Hall–Kier alpha value is -1.56. The standard InChI is InChI=1S/C13H19N5S/c1-4-6-10-11(14-5-2)16-9-17-12(10)19-13-15-7-8-18(13)3/h7-9H,4-6H2,1-3H3,(H,14,16,17). The summed E-state index contributed by atoms with van der Waals surface area (Å²) in [6, 6.07) is 0. The first kappa shape index (κ1) is 13.9. The van der Waals surface area contributed by atoms with E-state index in [1.54, 1.807) is 24.3 Å². The van der Waals surface area contributed by atoms with Crippen LogP contribution in [0.3, 0.4) is 0 Å². The first-order chi connectivity index (χ1) is 9.26. The van der Waals surface area contributed by atoms with Gasteiger partial charge in [0.1, 0.15) is 17.2 Å². The minimum Gasteiger partial charge on any atom is -0.370 e. The summed E-state index contributed by atoms with van der Waals surface area (Å²) >= 11 is 1.59. The molecule has 2 heterocycles. The highest BCUT2D eigenvalue weighted by atomic mass is 32.2. The number of hydrogen-bond acceptors (Lipinski definition) is 5. The van der Waals surface area contributed by atoms with E-state index in [9.17, 15) is 0 Å². The smallest absolute Gasteiger partial charge is 0.174 e. The van der Waals surface area contributed by atoms with Crippen LogP contribution in [-0.4, -0.2) is 26.1 Å². The molecule has 0 fully saturated rings. The van der Waals surface area contributed by atoms with Crippen molar-refractivity contribution in [2.45, 2.75) is 36.9 Å². The van der Waals surface area contributed by atoms with Crippen molar-refractivity contribution in [2.75, 3.05) is 11.9 Å². The molecule has 2 aromatic rings. The molecule has 0 aliphatic heterocycles. The molecule has 2 aromatic heterocycles. The molecule has 0 radical (unpaired) electrons. The second-order valence-corrected chi connectivity index (χ2v) is 5.17. The average molecular weight is 277 g/mol. The van der Waals surface area contributed by atoms with Gasteiger partial charge in [-0.25, -0.2) is 15.0 Å². The monoisotopic (exact) mass is 277 g/mol. The van der Waals surface area contributed by atoms with Gasteiger partial charge in [-0.15, -0.1) is 0 Å². The number of imidazole rings is 1. The highest BCUT2D eigenvalue weighted by Gasteiger charge is 2.13. The average Bonchev–Trinajstić information content (AvgIpc) is 2.79. The number of aromatic nitrogens is 4. The Morgan fingerprint density at radius 2 is 2.11 bits per heavy atom. The summed E-state index contributed by atoms with van der Waals surface area (Å²) in [4.78, 5) is 13.1. The molecule has 19 heavy (non-hydrogen) atoms. The fraction of sp³-hybridized carbons (Fsp3) is 0.462. The SMILES string of the molecule is CCCc1c(NCC)ncnc1Sc1nccn1C. The summed E-state index contributed by atoms with van der Waals surface area (Å²) < 4.78 is 2.00. The maximum Gasteiger partial charge on any atom is 0.174 e. The fourth-order valence-corrected chi connectivity index (χ4v) is 2.73. The second-order valence-electron chi connectivity index (χ2n) is 4.21. The van der Waals surface area contributed by atoms with E-state index < -0.39 is 0 Å². The normalized spacial score (nSPS) is 10.7. The third-order valence-corrected chi connectivity index (χ3v) is 3.84. The van der Waals surface area contributed by atoms with Gasteiger partial charge in [-0.2, -0.15) is 0 Å². The van der Waals surface area contributed by atoms with Crippen LogP contribution >= 0.6 is 11.8 Å². The van der Waals surface area contributed by atoms with E-state index in [2.05, 4.69) is 34.1 Å². The van der Waals surface area contributed by atoms with Gasteiger partial charge in [0.05, 0.1) is 0 Å². The van der Waals surface area contributed by atoms with Gasteiger partial charge in [-0.3, -0.25) is 0 Å². The van der Waals surface area contributed by atoms with Gasteiger partial charge < -0.3 is 9.88 Å². The number of nitrogens with zero attached hydrogens (tertiary/aromatic N) is 4. The summed E-state index contributed by atoms with van der Waals surface area (Å²) in [6.07, 6.45) is 7.39. The highest BCUT2D eigenvalue weighted by molar-refractivity contribution is 7.99. The zero-order chi connectivity index (χ0) is 13.7. The van der Waals surface area contributed by atoms with Crippen LogP contribution < -0.4 is 5.32 Å². The number of aryl methyl sites for hydroxylation is 1. The largest absolute Gasteiger partial charge is 0.370 e. The summed E-state index contributed by atoms with van der Waals surface area (Å²) in [6.45, 7) is 5.10. The van der Waals surface area contributed by atoms with Crippen molar-refractivity contribution in [3.8, 4) is 0 Å². The van der Waals surface area contributed by atoms with Gasteiger partial charge in [0.2, 0.25) is 0 Å². The molecule has 102 valence electrons. The molecule has 1 N–H and O–H groups in total. The van der Waals surface area contributed by atoms with Crippen LogP contribution in [0.5, 0.6) is 0 Å². The highest BCUT2D eigenvalue weighted by Crippen LogP contribution is 2.30. The molecule has 0 bridgehead atoms. The summed E-state index contributed by atoms with van der Waals surface area (Å²) in [5.41, 5.74) is 1.18. The van der Waals surface area contributed by atoms with Crippen LogP contribution in [0.2, 0.25) is 0 Å². The predicted octanol–water partition coefficient (Wildman–Crippen LogP) is 2.75. The van der Waals surface area contributed by atoms with Gasteiger partial charge in [-0.05, 0) is 25.1 Å². The van der Waals surface area contributed by atoms with Crippen molar-refractivity contribution in [3.05, 3.63) is 24.3 Å². The van der Waals surface area contributed by atoms with Crippen LogP contribution in [-0.2, 0) is 13.5 Å². The zero-order valence-corrected chi connectivity index (χ0v) is 12.4. The quantitative estimate of drug-likeness (QED) is 0.823.